The minimum absolute atomic E-state index is 0.00800. The molecule has 3 aromatic rings. The highest BCUT2D eigenvalue weighted by Crippen LogP contribution is 2.28. The number of ether oxygens (including phenoxy) is 2. The van der Waals surface area contributed by atoms with Gasteiger partial charge in [0.2, 0.25) is 5.88 Å². The lowest BCUT2D eigenvalue weighted by Crippen LogP contribution is -2.19. The topological polar surface area (TPSA) is 93.7 Å². The minimum Gasteiger partial charge on any atom is -0.465 e. The molecule has 1 aromatic carbocycles. The van der Waals surface area contributed by atoms with E-state index >= 15 is 0 Å². The van der Waals surface area contributed by atoms with Crippen LogP contribution < -0.4 is 10.3 Å². The van der Waals surface area contributed by atoms with E-state index < -0.39 is 11.5 Å². The molecule has 30 heavy (non-hydrogen) atoms. The standard InChI is InChI=1S/C23H21N3O4/c1-23(2,3)16-8-10-17(11-9-16)30-20-18(13-15(14-24)22(28)29-4)21(27)26-12-6-5-7-19(26)25-20/h5-13H,1-4H3. The molecule has 2 heterocycles. The van der Waals surface area contributed by atoms with Crippen molar-refractivity contribution in [3.05, 3.63) is 75.7 Å². The van der Waals surface area contributed by atoms with Gasteiger partial charge in [-0.1, -0.05) is 39.0 Å². The number of pyridine rings is 1. The molecular formula is C23H21N3O4. The zero-order chi connectivity index (χ0) is 21.9. The van der Waals surface area contributed by atoms with E-state index in [9.17, 15) is 14.9 Å². The maximum Gasteiger partial charge on any atom is 0.348 e. The smallest absolute Gasteiger partial charge is 0.348 e. The molecule has 0 fully saturated rings. The van der Waals surface area contributed by atoms with Gasteiger partial charge in [0.1, 0.15) is 28.6 Å². The maximum atomic E-state index is 13.0. The van der Waals surface area contributed by atoms with E-state index in [-0.39, 0.29) is 22.4 Å². The van der Waals surface area contributed by atoms with E-state index in [4.69, 9.17) is 4.74 Å². The molecule has 0 saturated carbocycles. The number of fused-ring (bicyclic) bond motifs is 1. The highest BCUT2D eigenvalue weighted by molar-refractivity contribution is 5.98. The Hall–Kier alpha value is -3.92. The van der Waals surface area contributed by atoms with Gasteiger partial charge in [0.05, 0.1) is 7.11 Å². The van der Waals surface area contributed by atoms with Crippen LogP contribution in [0.3, 0.4) is 0 Å². The van der Waals surface area contributed by atoms with Crippen LogP contribution in [0.1, 0.15) is 31.9 Å². The Morgan fingerprint density at radius 1 is 1.17 bits per heavy atom. The average molecular weight is 403 g/mol. The molecule has 0 radical (unpaired) electrons. The fourth-order valence-corrected chi connectivity index (χ4v) is 2.81. The third-order valence-corrected chi connectivity index (χ3v) is 4.48. The summed E-state index contributed by atoms with van der Waals surface area (Å²) in [5, 5.41) is 9.29. The SMILES string of the molecule is COC(=O)C(C#N)=Cc1c(Oc2ccc(C(C)(C)C)cc2)nc2ccccn2c1=O. The van der Waals surface area contributed by atoms with Crippen LogP contribution in [-0.4, -0.2) is 22.5 Å². The Kier molecular flexibility index (Phi) is 5.70. The first kappa shape index (κ1) is 20.8. The van der Waals surface area contributed by atoms with Crippen LogP contribution in [0.25, 0.3) is 11.7 Å². The van der Waals surface area contributed by atoms with Crippen LogP contribution in [0.15, 0.2) is 59.0 Å². The van der Waals surface area contributed by atoms with Crippen LogP contribution >= 0.6 is 0 Å². The van der Waals surface area contributed by atoms with Gasteiger partial charge >= 0.3 is 5.97 Å². The number of carbonyl (C=O) groups excluding carboxylic acids is 1. The lowest BCUT2D eigenvalue weighted by molar-refractivity contribution is -0.135. The summed E-state index contributed by atoms with van der Waals surface area (Å²) < 4.78 is 11.8. The number of hydrogen-bond acceptors (Lipinski definition) is 6. The quantitative estimate of drug-likeness (QED) is 0.373. The number of esters is 1. The van der Waals surface area contributed by atoms with E-state index in [2.05, 4.69) is 30.5 Å². The molecule has 0 aliphatic rings. The summed E-state index contributed by atoms with van der Waals surface area (Å²) in [6, 6.07) is 14.3. The summed E-state index contributed by atoms with van der Waals surface area (Å²) in [5.74, 6) is -0.386. The number of rotatable bonds is 4. The van der Waals surface area contributed by atoms with Crippen LogP contribution in [0.5, 0.6) is 11.6 Å². The molecule has 2 aromatic heterocycles. The fourth-order valence-electron chi connectivity index (χ4n) is 2.81. The van der Waals surface area contributed by atoms with E-state index in [1.807, 2.05) is 12.1 Å². The number of nitrogens with zero attached hydrogens (tertiary/aromatic N) is 3. The molecule has 152 valence electrons. The van der Waals surface area contributed by atoms with Crippen molar-refractivity contribution in [2.75, 3.05) is 7.11 Å². The van der Waals surface area contributed by atoms with Gasteiger partial charge in [-0.25, -0.2) is 4.79 Å². The normalized spacial score (nSPS) is 11.8. The average Bonchev–Trinajstić information content (AvgIpc) is 2.73. The maximum absolute atomic E-state index is 13.0. The van der Waals surface area contributed by atoms with Crippen molar-refractivity contribution in [1.29, 1.82) is 5.26 Å². The van der Waals surface area contributed by atoms with Gasteiger partial charge in [0.25, 0.3) is 5.56 Å². The molecule has 0 aliphatic heterocycles. The van der Waals surface area contributed by atoms with Crippen molar-refractivity contribution in [2.24, 2.45) is 0 Å². The minimum atomic E-state index is -0.851. The lowest BCUT2D eigenvalue weighted by atomic mass is 9.87. The second-order valence-corrected chi connectivity index (χ2v) is 7.60. The Bertz CT molecular complexity index is 1230. The van der Waals surface area contributed by atoms with Gasteiger partial charge < -0.3 is 9.47 Å². The Balaban J connectivity index is 2.15. The summed E-state index contributed by atoms with van der Waals surface area (Å²) in [4.78, 5) is 29.3. The molecule has 0 saturated heterocycles. The number of carbonyl (C=O) groups is 1. The summed E-state index contributed by atoms with van der Waals surface area (Å²) in [6.07, 6.45) is 2.69. The molecule has 7 heteroatoms. The predicted octanol–water partition coefficient (Wildman–Crippen LogP) is 3.86. The molecule has 7 nitrogen and oxygen atoms in total. The highest BCUT2D eigenvalue weighted by Gasteiger charge is 2.18. The molecule has 0 amide bonds. The van der Waals surface area contributed by atoms with Crippen LogP contribution in [-0.2, 0) is 14.9 Å². The van der Waals surface area contributed by atoms with Gasteiger partial charge in [-0.3, -0.25) is 9.20 Å². The number of hydrogen-bond donors (Lipinski definition) is 0. The van der Waals surface area contributed by atoms with Gasteiger partial charge in [0.15, 0.2) is 0 Å². The zero-order valence-corrected chi connectivity index (χ0v) is 17.2. The molecule has 0 N–H and O–H groups in total. The Morgan fingerprint density at radius 2 is 1.87 bits per heavy atom. The molecule has 0 unspecified atom stereocenters. The Morgan fingerprint density at radius 3 is 2.47 bits per heavy atom. The van der Waals surface area contributed by atoms with Crippen LogP contribution in [0.2, 0.25) is 0 Å². The lowest BCUT2D eigenvalue weighted by Gasteiger charge is -2.19. The van der Waals surface area contributed by atoms with Crippen molar-refractivity contribution >= 4 is 17.7 Å². The predicted molar refractivity (Wildman–Crippen MR) is 112 cm³/mol. The van der Waals surface area contributed by atoms with Gasteiger partial charge in [-0.2, -0.15) is 10.2 Å². The summed E-state index contributed by atoms with van der Waals surface area (Å²) in [5.41, 5.74) is 0.644. The second-order valence-electron chi connectivity index (χ2n) is 7.60. The van der Waals surface area contributed by atoms with E-state index in [0.717, 1.165) is 18.7 Å². The molecule has 0 atom stereocenters. The summed E-state index contributed by atoms with van der Waals surface area (Å²) in [7, 11) is 1.16. The van der Waals surface area contributed by atoms with Gasteiger partial charge in [0, 0.05) is 6.20 Å². The molecule has 3 rings (SSSR count). The molecular weight excluding hydrogens is 382 g/mol. The van der Waals surface area contributed by atoms with Crippen molar-refractivity contribution in [2.45, 2.75) is 26.2 Å². The monoisotopic (exact) mass is 403 g/mol. The van der Waals surface area contributed by atoms with E-state index in [1.54, 1.807) is 42.6 Å². The largest absolute Gasteiger partial charge is 0.465 e. The summed E-state index contributed by atoms with van der Waals surface area (Å²) in [6.45, 7) is 6.31. The first-order chi connectivity index (χ1) is 14.2. The summed E-state index contributed by atoms with van der Waals surface area (Å²) >= 11 is 0. The third kappa shape index (κ3) is 4.23. The van der Waals surface area contributed by atoms with Crippen molar-refractivity contribution < 1.29 is 14.3 Å². The number of methoxy groups -OCH3 is 1. The third-order valence-electron chi connectivity index (χ3n) is 4.48. The van der Waals surface area contributed by atoms with Crippen LogP contribution in [0, 0.1) is 11.3 Å². The van der Waals surface area contributed by atoms with Gasteiger partial charge in [-0.05, 0) is 41.3 Å². The second kappa shape index (κ2) is 8.21. The van der Waals surface area contributed by atoms with Crippen molar-refractivity contribution in [1.82, 2.24) is 9.38 Å². The van der Waals surface area contributed by atoms with E-state index in [1.165, 1.54) is 4.40 Å². The number of nitriles is 1. The number of benzene rings is 1. The Labute approximate surface area is 173 Å². The highest BCUT2D eigenvalue weighted by atomic mass is 16.5. The van der Waals surface area contributed by atoms with Crippen LogP contribution in [0.4, 0.5) is 0 Å². The molecule has 0 spiro atoms. The fraction of sp³-hybridized carbons (Fsp3) is 0.217. The van der Waals surface area contributed by atoms with Crippen molar-refractivity contribution in [3.8, 4) is 17.7 Å². The van der Waals surface area contributed by atoms with E-state index in [0.29, 0.717) is 11.4 Å². The molecule has 0 aliphatic carbocycles. The first-order valence-electron chi connectivity index (χ1n) is 9.24. The van der Waals surface area contributed by atoms with Gasteiger partial charge in [-0.15, -0.1) is 0 Å². The first-order valence-corrected chi connectivity index (χ1v) is 9.24. The molecule has 0 bridgehead atoms. The zero-order valence-electron chi connectivity index (χ0n) is 17.2. The number of aromatic nitrogens is 2. The van der Waals surface area contributed by atoms with Crippen molar-refractivity contribution in [3.63, 3.8) is 0 Å².